The molecule has 1 spiro atoms. The minimum Gasteiger partial charge on any atom is -0.341 e. The topological polar surface area (TPSA) is 24.5 Å². The molecule has 0 bridgehead atoms. The van der Waals surface area contributed by atoms with E-state index in [0.29, 0.717) is 0 Å². The normalized spacial score (nSPS) is 20.0. The number of nitrogens with zero attached hydrogens (tertiary/aromatic N) is 2. The fourth-order valence-electron chi connectivity index (χ4n) is 3.39. The molecule has 0 atom stereocenters. The van der Waals surface area contributed by atoms with Gasteiger partial charge in [0, 0.05) is 0 Å². The molecule has 0 unspecified atom stereocenters. The fraction of sp³-hybridized carbons (Fsp3) is 0.222. The number of ether oxygens (including phenoxy) is 2. The maximum atomic E-state index is 6.35. The van der Waals surface area contributed by atoms with Crippen molar-refractivity contribution in [2.75, 3.05) is 13.1 Å². The Morgan fingerprint density at radius 3 is 1.77 bits per heavy atom. The number of para-hydroxylation sites is 2. The standard InChI is InChI=1S/C18H16N2O2/c1-3-8-16-14(6-1)12-19-10-5-11-20-13-15-7-2-4-9-17(15)22-18(19,20)21-16/h1-4,6-9,12-13H,5,10-11H2/q+2. The van der Waals surface area contributed by atoms with Crippen LogP contribution in [0.15, 0.2) is 48.5 Å². The van der Waals surface area contributed by atoms with Crippen LogP contribution in [-0.4, -0.2) is 40.7 Å². The van der Waals surface area contributed by atoms with Crippen molar-refractivity contribution < 1.29 is 18.6 Å². The lowest BCUT2D eigenvalue weighted by Crippen LogP contribution is -2.67. The molecule has 22 heavy (non-hydrogen) atoms. The molecule has 2 aromatic carbocycles. The van der Waals surface area contributed by atoms with E-state index in [0.717, 1.165) is 42.1 Å². The maximum Gasteiger partial charge on any atom is 0.703 e. The van der Waals surface area contributed by atoms with Gasteiger partial charge in [-0.3, -0.25) is 0 Å². The average molecular weight is 292 g/mol. The first-order valence-corrected chi connectivity index (χ1v) is 7.64. The molecule has 1 saturated heterocycles. The maximum absolute atomic E-state index is 6.35. The van der Waals surface area contributed by atoms with E-state index in [1.807, 2.05) is 36.4 Å². The van der Waals surface area contributed by atoms with Crippen LogP contribution >= 0.6 is 0 Å². The molecule has 3 heterocycles. The van der Waals surface area contributed by atoms with Gasteiger partial charge in [0.15, 0.2) is 37.0 Å². The van der Waals surface area contributed by atoms with Crippen molar-refractivity contribution in [3.63, 3.8) is 0 Å². The van der Waals surface area contributed by atoms with Gasteiger partial charge in [-0.15, -0.1) is 0 Å². The van der Waals surface area contributed by atoms with Gasteiger partial charge in [-0.05, 0) is 24.3 Å². The van der Waals surface area contributed by atoms with E-state index < -0.39 is 6.03 Å². The van der Waals surface area contributed by atoms with Crippen LogP contribution < -0.4 is 9.47 Å². The van der Waals surface area contributed by atoms with E-state index in [1.54, 1.807) is 0 Å². The third-order valence-corrected chi connectivity index (χ3v) is 4.44. The van der Waals surface area contributed by atoms with Crippen molar-refractivity contribution in [1.82, 2.24) is 0 Å². The van der Waals surface area contributed by atoms with Gasteiger partial charge in [-0.1, -0.05) is 33.4 Å². The Morgan fingerprint density at radius 2 is 1.23 bits per heavy atom. The summed E-state index contributed by atoms with van der Waals surface area (Å²) in [5.74, 6) is 1.72. The molecule has 5 rings (SSSR count). The first-order valence-electron chi connectivity index (χ1n) is 7.64. The quantitative estimate of drug-likeness (QED) is 0.694. The molecule has 2 aromatic rings. The second kappa shape index (κ2) is 4.19. The van der Waals surface area contributed by atoms with Crippen LogP contribution in [0.3, 0.4) is 0 Å². The molecule has 108 valence electrons. The number of hydrogen-bond donors (Lipinski definition) is 0. The summed E-state index contributed by atoms with van der Waals surface area (Å²) in [5, 5.41) is 0. The molecule has 0 aromatic heterocycles. The van der Waals surface area contributed by atoms with Crippen molar-refractivity contribution in [3.8, 4) is 11.5 Å². The summed E-state index contributed by atoms with van der Waals surface area (Å²) in [4.78, 5) is 0. The molecule has 4 nitrogen and oxygen atoms in total. The summed E-state index contributed by atoms with van der Waals surface area (Å²) in [6, 6.07) is 15.3. The highest BCUT2D eigenvalue weighted by atomic mass is 16.7. The molecule has 0 aliphatic carbocycles. The predicted octanol–water partition coefficient (Wildman–Crippen LogP) is 2.05. The number of hydrogen-bond acceptors (Lipinski definition) is 2. The highest BCUT2D eigenvalue weighted by Gasteiger charge is 2.65. The van der Waals surface area contributed by atoms with Crippen LogP contribution in [-0.2, 0) is 0 Å². The molecular weight excluding hydrogens is 276 g/mol. The van der Waals surface area contributed by atoms with Gasteiger partial charge in [0.1, 0.15) is 0 Å². The van der Waals surface area contributed by atoms with Crippen LogP contribution in [0.4, 0.5) is 0 Å². The van der Waals surface area contributed by atoms with E-state index in [-0.39, 0.29) is 0 Å². The second-order valence-electron chi connectivity index (χ2n) is 5.83. The number of fused-ring (bicyclic) bond motifs is 2. The lowest BCUT2D eigenvalue weighted by molar-refractivity contribution is -0.924. The van der Waals surface area contributed by atoms with E-state index in [4.69, 9.17) is 9.47 Å². The minimum absolute atomic E-state index is 0.860. The number of rotatable bonds is 0. The Morgan fingerprint density at radius 1 is 0.727 bits per heavy atom. The zero-order valence-electron chi connectivity index (χ0n) is 12.1. The Hall–Kier alpha value is -2.62. The average Bonchev–Trinajstić information content (AvgIpc) is 2.56. The highest BCUT2D eigenvalue weighted by Crippen LogP contribution is 2.35. The van der Waals surface area contributed by atoms with Gasteiger partial charge in [0.25, 0.3) is 0 Å². The molecule has 0 N–H and O–H groups in total. The summed E-state index contributed by atoms with van der Waals surface area (Å²) < 4.78 is 17.0. The van der Waals surface area contributed by atoms with Gasteiger partial charge < -0.3 is 9.47 Å². The summed E-state index contributed by atoms with van der Waals surface area (Å²) >= 11 is 0. The van der Waals surface area contributed by atoms with Crippen LogP contribution in [0.2, 0.25) is 0 Å². The summed E-state index contributed by atoms with van der Waals surface area (Å²) in [6.45, 7) is 1.84. The molecule has 3 aliphatic heterocycles. The van der Waals surface area contributed by atoms with E-state index in [9.17, 15) is 0 Å². The first kappa shape index (κ1) is 12.0. The zero-order valence-corrected chi connectivity index (χ0v) is 12.1. The van der Waals surface area contributed by atoms with Gasteiger partial charge in [0.2, 0.25) is 0 Å². The van der Waals surface area contributed by atoms with Crippen molar-refractivity contribution >= 4 is 12.4 Å². The van der Waals surface area contributed by atoms with Gasteiger partial charge >= 0.3 is 6.03 Å². The zero-order chi connectivity index (χ0) is 14.6. The highest BCUT2D eigenvalue weighted by molar-refractivity contribution is 5.82. The van der Waals surface area contributed by atoms with Crippen molar-refractivity contribution in [2.24, 2.45) is 0 Å². The molecule has 0 radical (unpaired) electrons. The van der Waals surface area contributed by atoms with Gasteiger partial charge in [0.05, 0.1) is 17.5 Å². The van der Waals surface area contributed by atoms with Crippen LogP contribution in [0.5, 0.6) is 11.5 Å². The molecule has 1 fully saturated rings. The lowest BCUT2D eigenvalue weighted by atomic mass is 10.1. The van der Waals surface area contributed by atoms with Crippen LogP contribution in [0.1, 0.15) is 17.5 Å². The van der Waals surface area contributed by atoms with E-state index >= 15 is 0 Å². The summed E-state index contributed by atoms with van der Waals surface area (Å²) in [6.07, 6.45) is 5.37. The smallest absolute Gasteiger partial charge is 0.341 e. The largest absolute Gasteiger partial charge is 0.703 e. The third kappa shape index (κ3) is 1.52. The SMILES string of the molecule is C1=[N+]2CCC[N+]3=Cc4ccccc4OC23Oc2ccccc21. The molecular formula is C18H16N2O2+2. The molecule has 3 aliphatic rings. The Bertz CT molecular complexity index is 769. The van der Waals surface area contributed by atoms with Crippen molar-refractivity contribution in [1.29, 1.82) is 0 Å². The minimum atomic E-state index is -0.888. The first-order chi connectivity index (χ1) is 10.9. The van der Waals surface area contributed by atoms with Gasteiger partial charge in [-0.25, -0.2) is 0 Å². The predicted molar refractivity (Wildman–Crippen MR) is 82.1 cm³/mol. The monoisotopic (exact) mass is 292 g/mol. The molecule has 4 heteroatoms. The Labute approximate surface area is 128 Å². The Kier molecular flexibility index (Phi) is 2.28. The lowest BCUT2D eigenvalue weighted by Gasteiger charge is -2.33. The van der Waals surface area contributed by atoms with Crippen LogP contribution in [0.25, 0.3) is 0 Å². The van der Waals surface area contributed by atoms with Crippen LogP contribution in [0, 0.1) is 0 Å². The van der Waals surface area contributed by atoms with E-state index in [1.165, 1.54) is 0 Å². The van der Waals surface area contributed by atoms with E-state index in [2.05, 4.69) is 33.7 Å². The number of benzene rings is 2. The second-order valence-corrected chi connectivity index (χ2v) is 5.83. The summed E-state index contributed by atoms with van der Waals surface area (Å²) in [7, 11) is 0. The third-order valence-electron chi connectivity index (χ3n) is 4.44. The molecule has 0 saturated carbocycles. The Balaban J connectivity index is 1.72. The molecule has 0 amide bonds. The summed E-state index contributed by atoms with van der Waals surface area (Å²) in [5.41, 5.74) is 2.19. The van der Waals surface area contributed by atoms with Gasteiger partial charge in [-0.2, -0.15) is 0 Å². The fourth-order valence-corrected chi connectivity index (χ4v) is 3.39. The van der Waals surface area contributed by atoms with Crippen molar-refractivity contribution in [2.45, 2.75) is 12.5 Å². The van der Waals surface area contributed by atoms with Crippen molar-refractivity contribution in [3.05, 3.63) is 59.7 Å².